The number of ether oxygens (including phenoxy) is 2. The topological polar surface area (TPSA) is 110 Å². The molecule has 10 heteroatoms. The summed E-state index contributed by atoms with van der Waals surface area (Å²) in [6.07, 6.45) is 7.56. The Morgan fingerprint density at radius 2 is 1.44 bits per heavy atom. The third-order valence-corrected chi connectivity index (χ3v) is 12.3. The van der Waals surface area contributed by atoms with E-state index in [9.17, 15) is 4.78 Å². The van der Waals surface area contributed by atoms with Crippen LogP contribution < -0.4 is 10.1 Å². The Morgan fingerprint density at radius 1 is 0.900 bits per heavy atom. The molecule has 2 heterocycles. The maximum atomic E-state index is 15.9. The summed E-state index contributed by atoms with van der Waals surface area (Å²) >= 11 is 0. The summed E-state index contributed by atoms with van der Waals surface area (Å²) < 4.78 is 40.7. The minimum absolute atomic E-state index is 0.0418. The lowest BCUT2D eigenvalue weighted by Crippen LogP contribution is -2.55. The van der Waals surface area contributed by atoms with Crippen LogP contribution in [-0.4, -0.2) is 44.1 Å². The first-order chi connectivity index (χ1) is 24.4. The maximum Gasteiger partial charge on any atom is 0.336 e. The molecule has 2 atom stereocenters. The van der Waals surface area contributed by atoms with Crippen molar-refractivity contribution in [2.45, 2.75) is 68.0 Å². The molecule has 3 aliphatic rings. The summed E-state index contributed by atoms with van der Waals surface area (Å²) in [4.78, 5) is 15.6. The molecule has 0 saturated carbocycles. The molecule has 0 radical (unpaired) electrons. The van der Waals surface area contributed by atoms with Gasteiger partial charge in [0.1, 0.15) is 10.4 Å². The quantitative estimate of drug-likeness (QED) is 0.164. The van der Waals surface area contributed by atoms with Gasteiger partial charge in [-0.2, -0.15) is 5.10 Å². The third kappa shape index (κ3) is 5.29. The van der Waals surface area contributed by atoms with E-state index >= 15 is 9.00 Å². The Kier molecular flexibility index (Phi) is 8.44. The van der Waals surface area contributed by atoms with Crippen LogP contribution in [0, 0.1) is 4.78 Å². The Bertz CT molecular complexity index is 2010. The van der Waals surface area contributed by atoms with Gasteiger partial charge < -0.3 is 14.8 Å². The SMILES string of the molecule is COC1CCOc2c(S(=N)(=O)N(C(=O)Nc3c4c(cc5c3CCC5)CCC4)C(c3ccccc3)(c3ccccc3)c3ccccc3)cnn2C1. The van der Waals surface area contributed by atoms with Gasteiger partial charge in [-0.15, -0.1) is 0 Å². The molecular weight excluding hydrogens is 647 g/mol. The summed E-state index contributed by atoms with van der Waals surface area (Å²) in [5.41, 5.74) is 6.20. The number of anilines is 1. The molecule has 9 nitrogen and oxygen atoms in total. The van der Waals surface area contributed by atoms with Gasteiger partial charge in [0.2, 0.25) is 5.88 Å². The van der Waals surface area contributed by atoms with Gasteiger partial charge in [0.05, 0.1) is 25.5 Å². The second-order valence-corrected chi connectivity index (χ2v) is 15.1. The Labute approximate surface area is 293 Å². The highest BCUT2D eigenvalue weighted by Gasteiger charge is 2.51. The number of methoxy groups -OCH3 is 1. The molecule has 2 amide bonds. The average Bonchev–Trinajstić information content (AvgIpc) is 3.89. The fraction of sp³-hybridized carbons (Fsp3) is 0.300. The van der Waals surface area contributed by atoms with E-state index in [2.05, 4.69) is 16.5 Å². The molecule has 50 heavy (non-hydrogen) atoms. The van der Waals surface area contributed by atoms with Crippen molar-refractivity contribution < 1.29 is 18.5 Å². The zero-order valence-electron chi connectivity index (χ0n) is 28.1. The molecule has 0 saturated heterocycles. The van der Waals surface area contributed by atoms with Crippen molar-refractivity contribution >= 4 is 21.6 Å². The molecule has 2 N–H and O–H groups in total. The van der Waals surface area contributed by atoms with Gasteiger partial charge in [0.25, 0.3) is 0 Å². The largest absolute Gasteiger partial charge is 0.477 e. The predicted octanol–water partition coefficient (Wildman–Crippen LogP) is 7.50. The lowest BCUT2D eigenvalue weighted by molar-refractivity contribution is 0.0775. The van der Waals surface area contributed by atoms with Gasteiger partial charge in [-0.1, -0.05) is 97.1 Å². The fourth-order valence-corrected chi connectivity index (χ4v) is 9.93. The molecular formula is C40H41N5O4S. The number of aromatic nitrogens is 2. The van der Waals surface area contributed by atoms with Crippen LogP contribution in [0.2, 0.25) is 0 Å². The number of nitrogens with zero attached hydrogens (tertiary/aromatic N) is 3. The normalized spacial score (nSPS) is 17.8. The van der Waals surface area contributed by atoms with E-state index in [1.165, 1.54) is 21.6 Å². The van der Waals surface area contributed by atoms with Gasteiger partial charge in [-0.3, -0.25) is 0 Å². The van der Waals surface area contributed by atoms with E-state index in [0.29, 0.717) is 36.3 Å². The zero-order chi connectivity index (χ0) is 34.3. The fourth-order valence-electron chi connectivity index (χ4n) is 8.16. The minimum atomic E-state index is -4.22. The molecule has 5 aromatic rings. The molecule has 1 aromatic heterocycles. The maximum absolute atomic E-state index is 15.9. The number of hydrogen-bond donors (Lipinski definition) is 2. The van der Waals surface area contributed by atoms with Crippen LogP contribution in [0.5, 0.6) is 5.88 Å². The number of amides is 2. The summed E-state index contributed by atoms with van der Waals surface area (Å²) in [6.45, 7) is 0.666. The van der Waals surface area contributed by atoms with Crippen LogP contribution in [0.4, 0.5) is 10.5 Å². The van der Waals surface area contributed by atoms with Crippen molar-refractivity contribution in [2.75, 3.05) is 19.0 Å². The number of aryl methyl sites for hydroxylation is 2. The van der Waals surface area contributed by atoms with E-state index < -0.39 is 21.5 Å². The Morgan fingerprint density at radius 3 is 1.96 bits per heavy atom. The zero-order valence-corrected chi connectivity index (χ0v) is 29.0. The van der Waals surface area contributed by atoms with E-state index in [-0.39, 0.29) is 16.9 Å². The Hall–Kier alpha value is -4.93. The van der Waals surface area contributed by atoms with E-state index in [4.69, 9.17) is 9.47 Å². The summed E-state index contributed by atoms with van der Waals surface area (Å²) in [5.74, 6) is 0.215. The highest BCUT2D eigenvalue weighted by atomic mass is 32.2. The highest BCUT2D eigenvalue weighted by molar-refractivity contribution is 7.90. The molecule has 2 unspecified atom stereocenters. The van der Waals surface area contributed by atoms with Crippen molar-refractivity contribution in [1.82, 2.24) is 14.1 Å². The monoisotopic (exact) mass is 687 g/mol. The van der Waals surface area contributed by atoms with Crippen molar-refractivity contribution in [2.24, 2.45) is 0 Å². The van der Waals surface area contributed by atoms with Gasteiger partial charge >= 0.3 is 6.03 Å². The summed E-state index contributed by atoms with van der Waals surface area (Å²) in [7, 11) is -2.57. The van der Waals surface area contributed by atoms with E-state index in [1.54, 1.807) is 11.8 Å². The molecule has 4 aromatic carbocycles. The van der Waals surface area contributed by atoms with Gasteiger partial charge in [0, 0.05) is 19.2 Å². The lowest BCUT2D eigenvalue weighted by atomic mass is 9.77. The van der Waals surface area contributed by atoms with Crippen LogP contribution in [0.15, 0.2) is 108 Å². The van der Waals surface area contributed by atoms with Crippen molar-refractivity contribution in [3.63, 3.8) is 0 Å². The van der Waals surface area contributed by atoms with E-state index in [1.807, 2.05) is 91.0 Å². The number of fused-ring (bicyclic) bond motifs is 3. The van der Waals surface area contributed by atoms with Crippen molar-refractivity contribution in [1.29, 1.82) is 4.78 Å². The van der Waals surface area contributed by atoms with Crippen LogP contribution in [-0.2, 0) is 52.4 Å². The molecule has 0 fully saturated rings. The second-order valence-electron chi connectivity index (χ2n) is 13.3. The summed E-state index contributed by atoms with van der Waals surface area (Å²) in [5, 5.41) is 7.89. The summed E-state index contributed by atoms with van der Waals surface area (Å²) in [6, 6.07) is 30.5. The van der Waals surface area contributed by atoms with Crippen LogP contribution in [0.3, 0.4) is 0 Å². The average molecular weight is 688 g/mol. The standard InChI is InChI=1S/C40H41N5O4S/c1-48-33-23-24-49-38-36(26-42-44(38)27-33)50(41,47)45(39(46)43-37-34-21-11-13-28(34)25-29-14-12-22-35(29)37)40(30-15-5-2-6-16-30,31-17-7-3-8-18-31)32-19-9-4-10-20-32/h2-10,15-20,25-26,33,41H,11-14,21-24,27H2,1H3,(H,43,46). The number of nitrogens with one attached hydrogen (secondary N) is 2. The molecule has 0 bridgehead atoms. The number of rotatable bonds is 8. The molecule has 1 aliphatic heterocycles. The second kappa shape index (κ2) is 13.1. The first-order valence-electron chi connectivity index (χ1n) is 17.4. The number of carbonyl (C=O) groups is 1. The highest BCUT2D eigenvalue weighted by Crippen LogP contribution is 2.48. The minimum Gasteiger partial charge on any atom is -0.477 e. The van der Waals surface area contributed by atoms with Crippen molar-refractivity contribution in [3.05, 3.63) is 142 Å². The smallest absolute Gasteiger partial charge is 0.336 e. The molecule has 2 aliphatic carbocycles. The number of benzene rings is 4. The first-order valence-corrected chi connectivity index (χ1v) is 18.9. The third-order valence-electron chi connectivity index (χ3n) is 10.5. The van der Waals surface area contributed by atoms with Gasteiger partial charge in [0.15, 0.2) is 9.92 Å². The molecule has 256 valence electrons. The van der Waals surface area contributed by atoms with Crippen LogP contribution in [0.1, 0.15) is 58.2 Å². The lowest BCUT2D eigenvalue weighted by Gasteiger charge is -2.45. The number of hydrogen-bond acceptors (Lipinski definition) is 6. The first kappa shape index (κ1) is 32.3. The molecule has 0 spiro atoms. The van der Waals surface area contributed by atoms with E-state index in [0.717, 1.165) is 55.3 Å². The van der Waals surface area contributed by atoms with Crippen LogP contribution in [0.25, 0.3) is 0 Å². The van der Waals surface area contributed by atoms with Crippen molar-refractivity contribution in [3.8, 4) is 5.88 Å². The van der Waals surface area contributed by atoms with Crippen LogP contribution >= 0.6 is 0 Å². The molecule has 8 rings (SSSR count). The number of carbonyl (C=O) groups excluding carboxylic acids is 1. The predicted molar refractivity (Wildman–Crippen MR) is 193 cm³/mol. The van der Waals surface area contributed by atoms with Gasteiger partial charge in [-0.25, -0.2) is 22.8 Å². The number of urea groups is 1. The Balaban J connectivity index is 1.41. The van der Waals surface area contributed by atoms with Gasteiger partial charge in [-0.05, 0) is 77.5 Å².